The Balaban J connectivity index is 2.23. The van der Waals surface area contributed by atoms with Crippen LogP contribution in [0.2, 0.25) is 5.02 Å². The lowest BCUT2D eigenvalue weighted by atomic mass is 9.99. The van der Waals surface area contributed by atoms with Crippen molar-refractivity contribution in [3.8, 4) is 0 Å². The van der Waals surface area contributed by atoms with Crippen LogP contribution >= 0.6 is 11.6 Å². The molecule has 0 radical (unpaired) electrons. The molecule has 2 atom stereocenters. The number of nitrogens with zero attached hydrogens (tertiary/aromatic N) is 2. The van der Waals surface area contributed by atoms with Crippen LogP contribution in [-0.4, -0.2) is 54.7 Å². The molecule has 1 aliphatic rings. The number of hydrogen-bond acceptors (Lipinski definition) is 3. The molecule has 2 unspecified atom stereocenters. The molecule has 1 heterocycles. The minimum atomic E-state index is -0.777. The summed E-state index contributed by atoms with van der Waals surface area (Å²) in [4.78, 5) is 4.24. The van der Waals surface area contributed by atoms with Crippen LogP contribution in [0.5, 0.6) is 0 Å². The van der Waals surface area contributed by atoms with E-state index in [0.717, 1.165) is 19.6 Å². The Morgan fingerprint density at radius 3 is 2.83 bits per heavy atom. The molecule has 1 fully saturated rings. The zero-order valence-corrected chi connectivity index (χ0v) is 11.4. The van der Waals surface area contributed by atoms with E-state index in [1.165, 1.54) is 18.2 Å². The van der Waals surface area contributed by atoms with Crippen molar-refractivity contribution in [1.82, 2.24) is 9.80 Å². The van der Waals surface area contributed by atoms with Crippen LogP contribution in [0.15, 0.2) is 18.2 Å². The summed E-state index contributed by atoms with van der Waals surface area (Å²) in [5, 5.41) is 10.8. The minimum Gasteiger partial charge on any atom is -0.387 e. The van der Waals surface area contributed by atoms with Crippen molar-refractivity contribution in [2.75, 3.05) is 33.7 Å². The number of halogens is 2. The van der Waals surface area contributed by atoms with E-state index in [-0.39, 0.29) is 11.9 Å². The number of likely N-dealkylation sites (N-methyl/N-ethyl adjacent to an activating group) is 2. The Kier molecular flexibility index (Phi) is 4.22. The normalized spacial score (nSPS) is 24.2. The first-order valence-corrected chi connectivity index (χ1v) is 6.38. The maximum Gasteiger partial charge on any atom is 0.123 e. The lowest BCUT2D eigenvalue weighted by Crippen LogP contribution is -2.52. The van der Waals surface area contributed by atoms with Crippen molar-refractivity contribution < 1.29 is 9.50 Å². The van der Waals surface area contributed by atoms with Gasteiger partial charge in [0, 0.05) is 30.2 Å². The van der Waals surface area contributed by atoms with E-state index in [1.54, 1.807) is 0 Å². The number of benzene rings is 1. The van der Waals surface area contributed by atoms with E-state index in [2.05, 4.69) is 9.80 Å². The molecule has 100 valence electrons. The Hall–Kier alpha value is -0.680. The average Bonchev–Trinajstić information content (AvgIpc) is 2.34. The van der Waals surface area contributed by atoms with Crippen molar-refractivity contribution in [2.24, 2.45) is 0 Å². The van der Waals surface area contributed by atoms with Crippen LogP contribution in [0.25, 0.3) is 0 Å². The van der Waals surface area contributed by atoms with Gasteiger partial charge in [-0.25, -0.2) is 4.39 Å². The molecule has 1 aromatic rings. The second-order valence-corrected chi connectivity index (χ2v) is 5.33. The fourth-order valence-electron chi connectivity index (χ4n) is 2.33. The highest BCUT2D eigenvalue weighted by atomic mass is 35.5. The molecule has 1 saturated heterocycles. The van der Waals surface area contributed by atoms with Gasteiger partial charge in [0.15, 0.2) is 0 Å². The predicted octanol–water partition coefficient (Wildman–Crippen LogP) is 1.76. The van der Waals surface area contributed by atoms with Crippen molar-refractivity contribution in [1.29, 1.82) is 0 Å². The van der Waals surface area contributed by atoms with E-state index in [1.807, 2.05) is 14.1 Å². The molecule has 0 bridgehead atoms. The van der Waals surface area contributed by atoms with Gasteiger partial charge in [-0.05, 0) is 32.3 Å². The third-order valence-electron chi connectivity index (χ3n) is 3.54. The van der Waals surface area contributed by atoms with Gasteiger partial charge < -0.3 is 10.0 Å². The highest BCUT2D eigenvalue weighted by molar-refractivity contribution is 6.31. The molecule has 2 rings (SSSR count). The van der Waals surface area contributed by atoms with Gasteiger partial charge in [0.25, 0.3) is 0 Å². The molecule has 1 aliphatic heterocycles. The molecule has 18 heavy (non-hydrogen) atoms. The van der Waals surface area contributed by atoms with E-state index < -0.39 is 6.10 Å². The molecular formula is C13H18ClFN2O. The number of piperazine rings is 1. The van der Waals surface area contributed by atoms with Crippen LogP contribution in [0.4, 0.5) is 4.39 Å². The third-order valence-corrected chi connectivity index (χ3v) is 3.88. The summed E-state index contributed by atoms with van der Waals surface area (Å²) in [5.74, 6) is -0.375. The Bertz CT molecular complexity index is 429. The fourth-order valence-corrected chi connectivity index (χ4v) is 2.56. The van der Waals surface area contributed by atoms with Gasteiger partial charge in [0.2, 0.25) is 0 Å². The second-order valence-electron chi connectivity index (χ2n) is 4.92. The zero-order chi connectivity index (χ0) is 13.3. The first-order chi connectivity index (χ1) is 8.49. The first-order valence-electron chi connectivity index (χ1n) is 6.01. The van der Waals surface area contributed by atoms with Crippen molar-refractivity contribution in [3.05, 3.63) is 34.6 Å². The highest BCUT2D eigenvalue weighted by Gasteiger charge is 2.30. The number of rotatable bonds is 2. The summed E-state index contributed by atoms with van der Waals surface area (Å²) in [7, 11) is 3.98. The van der Waals surface area contributed by atoms with Gasteiger partial charge in [-0.2, -0.15) is 0 Å². The molecule has 1 N–H and O–H groups in total. The highest BCUT2D eigenvalue weighted by Crippen LogP contribution is 2.29. The van der Waals surface area contributed by atoms with E-state index in [4.69, 9.17) is 11.6 Å². The number of aliphatic hydroxyl groups is 1. The summed E-state index contributed by atoms with van der Waals surface area (Å²) in [5.41, 5.74) is 0.462. The third kappa shape index (κ3) is 2.83. The van der Waals surface area contributed by atoms with Crippen molar-refractivity contribution in [2.45, 2.75) is 12.1 Å². The van der Waals surface area contributed by atoms with Gasteiger partial charge in [-0.3, -0.25) is 4.90 Å². The molecular weight excluding hydrogens is 255 g/mol. The smallest absolute Gasteiger partial charge is 0.123 e. The van der Waals surface area contributed by atoms with Crippen LogP contribution in [-0.2, 0) is 0 Å². The molecule has 0 saturated carbocycles. The van der Waals surface area contributed by atoms with Gasteiger partial charge in [0.1, 0.15) is 5.82 Å². The molecule has 0 aliphatic carbocycles. The second kappa shape index (κ2) is 5.53. The van der Waals surface area contributed by atoms with Gasteiger partial charge in [-0.15, -0.1) is 0 Å². The molecule has 3 nitrogen and oxygen atoms in total. The molecule has 0 amide bonds. The Morgan fingerprint density at radius 1 is 1.39 bits per heavy atom. The zero-order valence-electron chi connectivity index (χ0n) is 10.6. The topological polar surface area (TPSA) is 26.7 Å². The van der Waals surface area contributed by atoms with Crippen LogP contribution in [0, 0.1) is 5.82 Å². The maximum atomic E-state index is 13.3. The summed E-state index contributed by atoms with van der Waals surface area (Å²) in [6.07, 6.45) is -0.777. The number of hydrogen-bond donors (Lipinski definition) is 1. The fraction of sp³-hybridized carbons (Fsp3) is 0.538. The predicted molar refractivity (Wildman–Crippen MR) is 70.3 cm³/mol. The lowest BCUT2D eigenvalue weighted by molar-refractivity contribution is 0.0137. The SMILES string of the molecule is CN1CCN(C)C(C(O)c2cc(F)ccc2Cl)C1. The quantitative estimate of drug-likeness (QED) is 0.889. The van der Waals surface area contributed by atoms with E-state index >= 15 is 0 Å². The largest absolute Gasteiger partial charge is 0.387 e. The Morgan fingerprint density at radius 2 is 2.11 bits per heavy atom. The van der Waals surface area contributed by atoms with Gasteiger partial charge >= 0.3 is 0 Å². The summed E-state index contributed by atoms with van der Waals surface area (Å²) < 4.78 is 13.3. The molecule has 5 heteroatoms. The lowest BCUT2D eigenvalue weighted by Gasteiger charge is -2.40. The molecule has 0 spiro atoms. The van der Waals surface area contributed by atoms with Gasteiger partial charge in [-0.1, -0.05) is 11.6 Å². The Labute approximate surface area is 112 Å². The van der Waals surface area contributed by atoms with Crippen molar-refractivity contribution >= 4 is 11.6 Å². The van der Waals surface area contributed by atoms with Crippen LogP contribution in [0.1, 0.15) is 11.7 Å². The maximum absolute atomic E-state index is 13.3. The molecule has 0 aromatic heterocycles. The minimum absolute atomic E-state index is 0.0666. The van der Waals surface area contributed by atoms with Crippen LogP contribution < -0.4 is 0 Å². The van der Waals surface area contributed by atoms with E-state index in [0.29, 0.717) is 10.6 Å². The van der Waals surface area contributed by atoms with E-state index in [9.17, 15) is 9.50 Å². The summed E-state index contributed by atoms with van der Waals surface area (Å²) in [6, 6.07) is 4.04. The van der Waals surface area contributed by atoms with Crippen LogP contribution in [0.3, 0.4) is 0 Å². The van der Waals surface area contributed by atoms with Crippen molar-refractivity contribution in [3.63, 3.8) is 0 Å². The average molecular weight is 273 g/mol. The van der Waals surface area contributed by atoms with Gasteiger partial charge in [0.05, 0.1) is 12.1 Å². The molecule has 1 aromatic carbocycles. The standard InChI is InChI=1S/C13H18ClFN2O/c1-16-5-6-17(2)12(8-16)13(18)10-7-9(15)3-4-11(10)14/h3-4,7,12-13,18H,5-6,8H2,1-2H3. The number of aliphatic hydroxyl groups excluding tert-OH is 1. The first kappa shape index (κ1) is 13.7. The summed E-state index contributed by atoms with van der Waals surface area (Å²) in [6.45, 7) is 2.59. The summed E-state index contributed by atoms with van der Waals surface area (Å²) >= 11 is 6.04. The monoisotopic (exact) mass is 272 g/mol.